The summed E-state index contributed by atoms with van der Waals surface area (Å²) >= 11 is 0. The van der Waals surface area contributed by atoms with Gasteiger partial charge in [0.1, 0.15) is 5.82 Å². The van der Waals surface area contributed by atoms with Crippen LogP contribution >= 0.6 is 0 Å². The lowest BCUT2D eigenvalue weighted by Crippen LogP contribution is -2.16. The minimum atomic E-state index is -4.33. The molecule has 0 saturated heterocycles. The monoisotopic (exact) mass is 274 g/mol. The van der Waals surface area contributed by atoms with Crippen molar-refractivity contribution >= 4 is 5.82 Å². The van der Waals surface area contributed by atoms with Gasteiger partial charge in [-0.3, -0.25) is 0 Å². The Balaban J connectivity index is 1.76. The van der Waals surface area contributed by atoms with Crippen molar-refractivity contribution in [3.05, 3.63) is 23.9 Å². The molecule has 1 N–H and O–H groups in total. The highest BCUT2D eigenvalue weighted by molar-refractivity contribution is 5.38. The van der Waals surface area contributed by atoms with Crippen LogP contribution in [0.1, 0.15) is 31.2 Å². The summed E-state index contributed by atoms with van der Waals surface area (Å²) in [7, 11) is 0. The van der Waals surface area contributed by atoms with E-state index in [0.29, 0.717) is 19.3 Å². The van der Waals surface area contributed by atoms with Crippen molar-refractivity contribution in [3.8, 4) is 0 Å². The third kappa shape index (κ3) is 4.38. The number of alkyl halides is 3. The lowest BCUT2D eigenvalue weighted by molar-refractivity contribution is -0.137. The summed E-state index contributed by atoms with van der Waals surface area (Å²) in [6.07, 6.45) is 1.71. The van der Waals surface area contributed by atoms with Gasteiger partial charge in [0.05, 0.1) is 18.3 Å². The van der Waals surface area contributed by atoms with Gasteiger partial charge in [-0.15, -0.1) is 0 Å². The Hall–Kier alpha value is -1.30. The summed E-state index contributed by atoms with van der Waals surface area (Å²) < 4.78 is 43.1. The topological polar surface area (TPSA) is 34.2 Å². The van der Waals surface area contributed by atoms with E-state index < -0.39 is 11.7 Å². The van der Waals surface area contributed by atoms with Crippen molar-refractivity contribution < 1.29 is 17.9 Å². The quantitative estimate of drug-likeness (QED) is 0.835. The number of nitrogens with one attached hydrogen (secondary N) is 1. The molecule has 0 spiro atoms. The summed E-state index contributed by atoms with van der Waals surface area (Å²) in [5.74, 6) is 0.227. The fraction of sp³-hybridized carbons (Fsp3) is 0.615. The molecule has 1 saturated carbocycles. The fourth-order valence-electron chi connectivity index (χ4n) is 2.16. The molecule has 0 radical (unpaired) electrons. The number of hydrogen-bond acceptors (Lipinski definition) is 3. The number of halogens is 3. The van der Waals surface area contributed by atoms with Crippen molar-refractivity contribution in [1.29, 1.82) is 0 Å². The van der Waals surface area contributed by atoms with Crippen LogP contribution in [0.15, 0.2) is 18.3 Å². The van der Waals surface area contributed by atoms with Gasteiger partial charge in [-0.2, -0.15) is 13.2 Å². The molecular formula is C13H17F3N2O. The van der Waals surface area contributed by atoms with E-state index in [0.717, 1.165) is 31.2 Å². The van der Waals surface area contributed by atoms with Crippen LogP contribution in [0, 0.1) is 0 Å². The molecule has 0 amide bonds. The van der Waals surface area contributed by atoms with Gasteiger partial charge in [0.2, 0.25) is 0 Å². The molecule has 0 aliphatic heterocycles. The minimum absolute atomic E-state index is 0.227. The second kappa shape index (κ2) is 6.23. The van der Waals surface area contributed by atoms with Crippen LogP contribution in [-0.2, 0) is 10.9 Å². The van der Waals surface area contributed by atoms with E-state index in [1.807, 2.05) is 0 Å². The number of nitrogens with zero attached hydrogens (tertiary/aromatic N) is 1. The van der Waals surface area contributed by atoms with Crippen LogP contribution < -0.4 is 5.32 Å². The second-order valence-electron chi connectivity index (χ2n) is 4.63. The number of hydrogen-bond donors (Lipinski definition) is 1. The van der Waals surface area contributed by atoms with E-state index in [9.17, 15) is 13.2 Å². The molecule has 19 heavy (non-hydrogen) atoms. The molecule has 0 unspecified atom stereocenters. The molecule has 0 bridgehead atoms. The van der Waals surface area contributed by atoms with Gasteiger partial charge < -0.3 is 10.1 Å². The zero-order valence-electron chi connectivity index (χ0n) is 10.5. The molecule has 1 heterocycles. The molecule has 6 heteroatoms. The van der Waals surface area contributed by atoms with Crippen molar-refractivity contribution in [3.63, 3.8) is 0 Å². The predicted octanol–water partition coefficient (Wildman–Crippen LogP) is 3.47. The van der Waals surface area contributed by atoms with E-state index >= 15 is 0 Å². The van der Waals surface area contributed by atoms with Gasteiger partial charge in [0.15, 0.2) is 0 Å². The maximum Gasteiger partial charge on any atom is 0.416 e. The molecule has 0 aromatic carbocycles. The molecule has 1 fully saturated rings. The molecular weight excluding hydrogens is 257 g/mol. The molecule has 1 aromatic rings. The van der Waals surface area contributed by atoms with Crippen LogP contribution in [0.5, 0.6) is 0 Å². The third-order valence-corrected chi connectivity index (χ3v) is 3.15. The average Bonchev–Trinajstić information content (AvgIpc) is 2.87. The Morgan fingerprint density at radius 3 is 2.74 bits per heavy atom. The fourth-order valence-corrected chi connectivity index (χ4v) is 2.16. The van der Waals surface area contributed by atoms with Gasteiger partial charge >= 0.3 is 6.18 Å². The Bertz CT molecular complexity index is 403. The summed E-state index contributed by atoms with van der Waals surface area (Å²) in [4.78, 5) is 3.86. The normalized spacial score (nSPS) is 16.8. The summed E-state index contributed by atoms with van der Waals surface area (Å²) in [6.45, 7) is 0.952. The lowest BCUT2D eigenvalue weighted by Gasteiger charge is -2.12. The van der Waals surface area contributed by atoms with Crippen molar-refractivity contribution in [2.75, 3.05) is 18.5 Å². The summed E-state index contributed by atoms with van der Waals surface area (Å²) in [5, 5.41) is 2.84. The highest BCUT2D eigenvalue weighted by atomic mass is 19.4. The number of aromatic nitrogens is 1. The molecule has 1 aliphatic rings. The van der Waals surface area contributed by atoms with Crippen LogP contribution in [0.4, 0.5) is 19.0 Å². The molecule has 2 rings (SSSR count). The van der Waals surface area contributed by atoms with E-state index in [-0.39, 0.29) is 5.82 Å². The van der Waals surface area contributed by atoms with Gasteiger partial charge in [-0.25, -0.2) is 4.98 Å². The first-order valence-corrected chi connectivity index (χ1v) is 6.44. The Morgan fingerprint density at radius 1 is 1.32 bits per heavy atom. The second-order valence-corrected chi connectivity index (χ2v) is 4.63. The lowest BCUT2D eigenvalue weighted by atomic mass is 10.2. The van der Waals surface area contributed by atoms with Crippen molar-refractivity contribution in [2.24, 2.45) is 0 Å². The maximum absolute atomic E-state index is 12.5. The number of anilines is 1. The number of rotatable bonds is 5. The van der Waals surface area contributed by atoms with Gasteiger partial charge in [0.25, 0.3) is 0 Å². The van der Waals surface area contributed by atoms with Crippen molar-refractivity contribution in [2.45, 2.75) is 38.0 Å². The smallest absolute Gasteiger partial charge is 0.376 e. The van der Waals surface area contributed by atoms with Gasteiger partial charge in [-0.1, -0.05) is 12.8 Å². The summed E-state index contributed by atoms with van der Waals surface area (Å²) in [6, 6.07) is 1.97. The average molecular weight is 274 g/mol. The zero-order valence-corrected chi connectivity index (χ0v) is 10.5. The molecule has 0 atom stereocenters. The summed E-state index contributed by atoms with van der Waals surface area (Å²) in [5.41, 5.74) is -0.693. The Labute approximate surface area is 110 Å². The predicted molar refractivity (Wildman–Crippen MR) is 65.9 cm³/mol. The highest BCUT2D eigenvalue weighted by Gasteiger charge is 2.30. The molecule has 1 aromatic heterocycles. The first-order valence-electron chi connectivity index (χ1n) is 6.44. The number of pyridine rings is 1. The van der Waals surface area contributed by atoms with E-state index in [1.54, 1.807) is 0 Å². The molecule has 106 valence electrons. The van der Waals surface area contributed by atoms with E-state index in [2.05, 4.69) is 10.3 Å². The van der Waals surface area contributed by atoms with Crippen LogP contribution in [0.3, 0.4) is 0 Å². The van der Waals surface area contributed by atoms with Gasteiger partial charge in [-0.05, 0) is 25.0 Å². The highest BCUT2D eigenvalue weighted by Crippen LogP contribution is 2.29. The third-order valence-electron chi connectivity index (χ3n) is 3.15. The molecule has 1 aliphatic carbocycles. The van der Waals surface area contributed by atoms with E-state index in [1.165, 1.54) is 12.8 Å². The van der Waals surface area contributed by atoms with Crippen molar-refractivity contribution in [1.82, 2.24) is 4.98 Å². The van der Waals surface area contributed by atoms with Gasteiger partial charge in [0, 0.05) is 12.7 Å². The van der Waals surface area contributed by atoms with Crippen LogP contribution in [0.2, 0.25) is 0 Å². The largest absolute Gasteiger partial charge is 0.416 e. The van der Waals surface area contributed by atoms with Crippen LogP contribution in [0.25, 0.3) is 0 Å². The first kappa shape index (κ1) is 14.1. The first-order chi connectivity index (χ1) is 9.05. The SMILES string of the molecule is FC(F)(F)c1ccnc(NCCOC2CCCC2)c1. The number of ether oxygens (including phenoxy) is 1. The minimum Gasteiger partial charge on any atom is -0.376 e. The van der Waals surface area contributed by atoms with Crippen LogP contribution in [-0.4, -0.2) is 24.2 Å². The van der Waals surface area contributed by atoms with E-state index in [4.69, 9.17) is 4.74 Å². The molecule has 3 nitrogen and oxygen atoms in total. The maximum atomic E-state index is 12.5. The standard InChI is InChI=1S/C13H17F3N2O/c14-13(15,16)10-5-6-17-12(9-10)18-7-8-19-11-3-1-2-4-11/h5-6,9,11H,1-4,7-8H2,(H,17,18). The Morgan fingerprint density at radius 2 is 2.05 bits per heavy atom. The Kier molecular flexibility index (Phi) is 4.63. The zero-order chi connectivity index (χ0) is 13.7.